The average molecular weight is 277 g/mol. The molecule has 2 heterocycles. The molecule has 1 fully saturated rings. The third-order valence-electron chi connectivity index (χ3n) is 3.29. The summed E-state index contributed by atoms with van der Waals surface area (Å²) in [6.45, 7) is 6.28. The van der Waals surface area contributed by atoms with Gasteiger partial charge in [-0.15, -0.1) is 0 Å². The monoisotopic (exact) mass is 277 g/mol. The fourth-order valence-electron chi connectivity index (χ4n) is 2.15. The van der Waals surface area contributed by atoms with E-state index in [1.54, 1.807) is 28.9 Å². The van der Waals surface area contributed by atoms with E-state index in [9.17, 15) is 9.59 Å². The van der Waals surface area contributed by atoms with Crippen LogP contribution in [0.5, 0.6) is 5.88 Å². The van der Waals surface area contributed by atoms with Gasteiger partial charge >= 0.3 is 0 Å². The SMILES string of the molecule is CCOc1ccc(C(=O)N2CCN(C(C)=O)CC2)cn1. The maximum absolute atomic E-state index is 12.3. The van der Waals surface area contributed by atoms with E-state index in [4.69, 9.17) is 4.74 Å². The first-order chi connectivity index (χ1) is 9.61. The lowest BCUT2D eigenvalue weighted by Crippen LogP contribution is -2.50. The fourth-order valence-corrected chi connectivity index (χ4v) is 2.15. The first-order valence-electron chi connectivity index (χ1n) is 6.75. The molecule has 0 unspecified atom stereocenters. The highest BCUT2D eigenvalue weighted by Crippen LogP contribution is 2.11. The minimum absolute atomic E-state index is 0.0521. The number of carbonyl (C=O) groups excluding carboxylic acids is 2. The maximum atomic E-state index is 12.3. The van der Waals surface area contributed by atoms with Crippen LogP contribution in [-0.2, 0) is 4.79 Å². The number of ether oxygens (including phenoxy) is 1. The summed E-state index contributed by atoms with van der Waals surface area (Å²) in [5.74, 6) is 0.522. The summed E-state index contributed by atoms with van der Waals surface area (Å²) in [7, 11) is 0. The summed E-state index contributed by atoms with van der Waals surface area (Å²) in [6, 6.07) is 3.42. The Hall–Kier alpha value is -2.11. The summed E-state index contributed by atoms with van der Waals surface area (Å²) in [6.07, 6.45) is 1.53. The number of hydrogen-bond acceptors (Lipinski definition) is 4. The van der Waals surface area contributed by atoms with E-state index >= 15 is 0 Å². The lowest BCUT2D eigenvalue weighted by molar-refractivity contribution is -0.130. The van der Waals surface area contributed by atoms with Crippen LogP contribution in [0.4, 0.5) is 0 Å². The van der Waals surface area contributed by atoms with E-state index in [0.29, 0.717) is 44.2 Å². The summed E-state index contributed by atoms with van der Waals surface area (Å²) >= 11 is 0. The number of nitrogens with zero attached hydrogens (tertiary/aromatic N) is 3. The van der Waals surface area contributed by atoms with Gasteiger partial charge < -0.3 is 14.5 Å². The Balaban J connectivity index is 1.96. The molecule has 1 aliphatic rings. The topological polar surface area (TPSA) is 62.7 Å². The molecule has 2 amide bonds. The highest BCUT2D eigenvalue weighted by Gasteiger charge is 2.23. The van der Waals surface area contributed by atoms with Gasteiger partial charge in [-0.2, -0.15) is 0 Å². The molecule has 1 aromatic heterocycles. The second-order valence-corrected chi connectivity index (χ2v) is 4.62. The first-order valence-corrected chi connectivity index (χ1v) is 6.75. The number of rotatable bonds is 3. The van der Waals surface area contributed by atoms with Gasteiger partial charge in [0.25, 0.3) is 5.91 Å². The second kappa shape index (κ2) is 6.36. The number of hydrogen-bond donors (Lipinski definition) is 0. The van der Waals surface area contributed by atoms with Crippen LogP contribution in [0.3, 0.4) is 0 Å². The Morgan fingerprint density at radius 2 is 1.85 bits per heavy atom. The Kier molecular flexibility index (Phi) is 4.55. The predicted octanol–water partition coefficient (Wildman–Crippen LogP) is 0.785. The molecule has 6 nitrogen and oxygen atoms in total. The van der Waals surface area contributed by atoms with Crippen molar-refractivity contribution in [2.24, 2.45) is 0 Å². The molecule has 6 heteroatoms. The van der Waals surface area contributed by atoms with Gasteiger partial charge in [0.1, 0.15) is 0 Å². The number of amides is 2. The summed E-state index contributed by atoms with van der Waals surface area (Å²) in [4.78, 5) is 31.1. The molecule has 20 heavy (non-hydrogen) atoms. The summed E-state index contributed by atoms with van der Waals surface area (Å²) in [5, 5.41) is 0. The number of carbonyl (C=O) groups is 2. The zero-order valence-electron chi connectivity index (χ0n) is 11.8. The molecule has 1 saturated heterocycles. The maximum Gasteiger partial charge on any atom is 0.255 e. The Morgan fingerprint density at radius 1 is 1.20 bits per heavy atom. The van der Waals surface area contributed by atoms with Gasteiger partial charge in [-0.3, -0.25) is 9.59 Å². The molecule has 0 radical (unpaired) electrons. The second-order valence-electron chi connectivity index (χ2n) is 4.62. The van der Waals surface area contributed by atoms with Crippen LogP contribution in [0, 0.1) is 0 Å². The number of pyridine rings is 1. The molecule has 0 bridgehead atoms. The van der Waals surface area contributed by atoms with Gasteiger partial charge in [0.2, 0.25) is 11.8 Å². The smallest absolute Gasteiger partial charge is 0.255 e. The van der Waals surface area contributed by atoms with E-state index in [1.807, 2.05) is 6.92 Å². The van der Waals surface area contributed by atoms with Crippen molar-refractivity contribution in [3.63, 3.8) is 0 Å². The molecule has 2 rings (SSSR count). The summed E-state index contributed by atoms with van der Waals surface area (Å²) < 4.78 is 5.25. The van der Waals surface area contributed by atoms with Gasteiger partial charge in [0.05, 0.1) is 12.2 Å². The molecule has 0 saturated carbocycles. The minimum atomic E-state index is -0.0521. The standard InChI is InChI=1S/C14H19N3O3/c1-3-20-13-5-4-12(10-15-13)14(19)17-8-6-16(7-9-17)11(2)18/h4-5,10H,3,6-9H2,1-2H3. The molecule has 0 atom stereocenters. The molecule has 0 aromatic carbocycles. The third-order valence-corrected chi connectivity index (χ3v) is 3.29. The van der Waals surface area contributed by atoms with Crippen molar-refractivity contribution in [3.05, 3.63) is 23.9 Å². The van der Waals surface area contributed by atoms with Crippen molar-refractivity contribution in [1.82, 2.24) is 14.8 Å². The predicted molar refractivity (Wildman–Crippen MR) is 73.6 cm³/mol. The average Bonchev–Trinajstić information content (AvgIpc) is 2.48. The lowest BCUT2D eigenvalue weighted by atomic mass is 10.2. The van der Waals surface area contributed by atoms with Crippen LogP contribution in [0.1, 0.15) is 24.2 Å². The molecule has 108 valence electrons. The van der Waals surface area contributed by atoms with Crippen molar-refractivity contribution < 1.29 is 14.3 Å². The highest BCUT2D eigenvalue weighted by atomic mass is 16.5. The number of piperazine rings is 1. The van der Waals surface area contributed by atoms with Gasteiger partial charge in [-0.05, 0) is 13.0 Å². The van der Waals surface area contributed by atoms with Crippen molar-refractivity contribution in [1.29, 1.82) is 0 Å². The van der Waals surface area contributed by atoms with E-state index in [-0.39, 0.29) is 11.8 Å². The van der Waals surface area contributed by atoms with Crippen LogP contribution in [0.25, 0.3) is 0 Å². The largest absolute Gasteiger partial charge is 0.478 e. The number of aromatic nitrogens is 1. The lowest BCUT2D eigenvalue weighted by Gasteiger charge is -2.34. The minimum Gasteiger partial charge on any atom is -0.478 e. The molecular formula is C14H19N3O3. The van der Waals surface area contributed by atoms with Crippen molar-refractivity contribution >= 4 is 11.8 Å². The van der Waals surface area contributed by atoms with Gasteiger partial charge in [0, 0.05) is 45.4 Å². The van der Waals surface area contributed by atoms with E-state index in [1.165, 1.54) is 6.20 Å². The quantitative estimate of drug-likeness (QED) is 0.819. The molecule has 1 aromatic rings. The van der Waals surface area contributed by atoms with E-state index in [2.05, 4.69) is 4.98 Å². The molecular weight excluding hydrogens is 258 g/mol. The van der Waals surface area contributed by atoms with Crippen LogP contribution >= 0.6 is 0 Å². The van der Waals surface area contributed by atoms with E-state index < -0.39 is 0 Å². The third kappa shape index (κ3) is 3.26. The van der Waals surface area contributed by atoms with Crippen molar-refractivity contribution in [2.75, 3.05) is 32.8 Å². The van der Waals surface area contributed by atoms with Crippen LogP contribution in [-0.4, -0.2) is 59.4 Å². The van der Waals surface area contributed by atoms with Crippen LogP contribution in [0.15, 0.2) is 18.3 Å². The van der Waals surface area contributed by atoms with Gasteiger partial charge in [0.15, 0.2) is 0 Å². The highest BCUT2D eigenvalue weighted by molar-refractivity contribution is 5.94. The van der Waals surface area contributed by atoms with Crippen molar-refractivity contribution in [3.8, 4) is 5.88 Å². The van der Waals surface area contributed by atoms with Gasteiger partial charge in [-0.25, -0.2) is 4.98 Å². The molecule has 0 N–H and O–H groups in total. The first kappa shape index (κ1) is 14.3. The Bertz CT molecular complexity index is 479. The molecule has 0 aliphatic carbocycles. The molecule has 1 aliphatic heterocycles. The summed E-state index contributed by atoms with van der Waals surface area (Å²) in [5.41, 5.74) is 0.546. The Labute approximate surface area is 118 Å². The normalized spacial score (nSPS) is 15.1. The van der Waals surface area contributed by atoms with Crippen LogP contribution < -0.4 is 4.74 Å². The Morgan fingerprint density at radius 3 is 2.35 bits per heavy atom. The molecule has 0 spiro atoms. The zero-order chi connectivity index (χ0) is 14.5. The van der Waals surface area contributed by atoms with Crippen molar-refractivity contribution in [2.45, 2.75) is 13.8 Å². The fraction of sp³-hybridized carbons (Fsp3) is 0.500. The zero-order valence-corrected chi connectivity index (χ0v) is 11.8. The van der Waals surface area contributed by atoms with Crippen LogP contribution in [0.2, 0.25) is 0 Å². The van der Waals surface area contributed by atoms with E-state index in [0.717, 1.165) is 0 Å². The van der Waals surface area contributed by atoms with Gasteiger partial charge in [-0.1, -0.05) is 0 Å².